The van der Waals surface area contributed by atoms with E-state index in [1.807, 2.05) is 25.1 Å². The molecule has 116 valence electrons. The minimum absolute atomic E-state index is 0.0560. The van der Waals surface area contributed by atoms with Crippen molar-refractivity contribution < 1.29 is 4.79 Å². The van der Waals surface area contributed by atoms with Gasteiger partial charge in [-0.2, -0.15) is 0 Å². The maximum absolute atomic E-state index is 12.0. The number of hydrogen-bond donors (Lipinski definition) is 2. The van der Waals surface area contributed by atoms with Crippen LogP contribution in [0.4, 0.5) is 11.4 Å². The van der Waals surface area contributed by atoms with E-state index >= 15 is 0 Å². The highest BCUT2D eigenvalue weighted by molar-refractivity contribution is 5.81. The number of amides is 1. The van der Waals surface area contributed by atoms with Crippen molar-refractivity contribution in [3.8, 4) is 0 Å². The number of anilines is 2. The molecule has 0 spiro atoms. The summed E-state index contributed by atoms with van der Waals surface area (Å²) in [5, 5.41) is 2.97. The summed E-state index contributed by atoms with van der Waals surface area (Å²) in [6.07, 6.45) is 0.974. The van der Waals surface area contributed by atoms with Gasteiger partial charge in [-0.1, -0.05) is 13.0 Å². The molecule has 2 rings (SSSR count). The van der Waals surface area contributed by atoms with E-state index in [-0.39, 0.29) is 11.9 Å². The number of hydrogen-bond acceptors (Lipinski definition) is 4. The summed E-state index contributed by atoms with van der Waals surface area (Å²) in [5.41, 5.74) is 7.80. The van der Waals surface area contributed by atoms with Crippen molar-refractivity contribution in [2.45, 2.75) is 26.3 Å². The van der Waals surface area contributed by atoms with Gasteiger partial charge in [0.05, 0.1) is 6.04 Å². The van der Waals surface area contributed by atoms with Crippen molar-refractivity contribution in [1.82, 2.24) is 10.2 Å². The summed E-state index contributed by atoms with van der Waals surface area (Å²) in [7, 11) is 0. The number of nitrogens with one attached hydrogen (secondary N) is 1. The third-order valence-electron chi connectivity index (χ3n) is 4.03. The van der Waals surface area contributed by atoms with Crippen LogP contribution < -0.4 is 16.0 Å². The average Bonchev–Trinajstić information content (AvgIpc) is 2.52. The molecule has 5 heteroatoms. The lowest BCUT2D eigenvalue weighted by atomic mass is 10.2. The molecule has 21 heavy (non-hydrogen) atoms. The number of piperazine rings is 1. The molecule has 5 nitrogen and oxygen atoms in total. The molecule has 1 aromatic rings. The second-order valence-electron chi connectivity index (χ2n) is 5.59. The molecule has 0 aliphatic carbocycles. The van der Waals surface area contributed by atoms with Crippen molar-refractivity contribution in [1.29, 1.82) is 0 Å². The molecule has 1 fully saturated rings. The number of nitrogens with two attached hydrogens (primary N) is 1. The summed E-state index contributed by atoms with van der Waals surface area (Å²) >= 11 is 0. The maximum Gasteiger partial charge on any atom is 0.237 e. The first kappa shape index (κ1) is 15.6. The van der Waals surface area contributed by atoms with Crippen molar-refractivity contribution in [3.63, 3.8) is 0 Å². The molecule has 0 aromatic heterocycles. The molecule has 0 saturated carbocycles. The molecular weight excluding hydrogens is 264 g/mol. The Kier molecular flexibility index (Phi) is 5.44. The van der Waals surface area contributed by atoms with E-state index in [2.05, 4.69) is 28.1 Å². The van der Waals surface area contributed by atoms with Gasteiger partial charge in [-0.3, -0.25) is 9.69 Å². The highest BCUT2D eigenvalue weighted by Gasteiger charge is 2.25. The zero-order chi connectivity index (χ0) is 15.2. The minimum atomic E-state index is -0.0560. The van der Waals surface area contributed by atoms with E-state index in [0.29, 0.717) is 0 Å². The van der Waals surface area contributed by atoms with Crippen LogP contribution in [0, 0.1) is 0 Å². The Hall–Kier alpha value is -1.75. The van der Waals surface area contributed by atoms with E-state index in [1.54, 1.807) is 0 Å². The van der Waals surface area contributed by atoms with Crippen LogP contribution in [0.2, 0.25) is 0 Å². The van der Waals surface area contributed by atoms with Crippen LogP contribution in [0.3, 0.4) is 0 Å². The first-order valence-corrected chi connectivity index (χ1v) is 7.74. The summed E-state index contributed by atoms with van der Waals surface area (Å²) in [4.78, 5) is 16.6. The summed E-state index contributed by atoms with van der Waals surface area (Å²) < 4.78 is 0. The monoisotopic (exact) mass is 290 g/mol. The average molecular weight is 290 g/mol. The highest BCUT2D eigenvalue weighted by Crippen LogP contribution is 2.19. The number of benzene rings is 1. The normalized spacial score (nSPS) is 17.5. The SMILES string of the molecule is CCCNC(=O)C(C)N1CCN(c2cccc(N)c2)CC1. The van der Waals surface area contributed by atoms with Gasteiger partial charge < -0.3 is 16.0 Å². The fraction of sp³-hybridized carbons (Fsp3) is 0.562. The first-order chi connectivity index (χ1) is 10.1. The van der Waals surface area contributed by atoms with Crippen molar-refractivity contribution >= 4 is 17.3 Å². The third kappa shape index (κ3) is 4.11. The Bertz CT molecular complexity index is 469. The van der Waals surface area contributed by atoms with E-state index < -0.39 is 0 Å². The summed E-state index contributed by atoms with van der Waals surface area (Å²) in [5.74, 6) is 0.134. The Morgan fingerprint density at radius 2 is 2.05 bits per heavy atom. The van der Waals surface area contributed by atoms with E-state index in [9.17, 15) is 4.79 Å². The smallest absolute Gasteiger partial charge is 0.237 e. The highest BCUT2D eigenvalue weighted by atomic mass is 16.2. The van der Waals surface area contributed by atoms with Crippen molar-refractivity contribution in [2.75, 3.05) is 43.4 Å². The van der Waals surface area contributed by atoms with Crippen LogP contribution in [0.5, 0.6) is 0 Å². The largest absolute Gasteiger partial charge is 0.399 e. The van der Waals surface area contributed by atoms with Gasteiger partial charge in [0.1, 0.15) is 0 Å². The molecule has 1 amide bonds. The Morgan fingerprint density at radius 1 is 1.33 bits per heavy atom. The molecule has 3 N–H and O–H groups in total. The second kappa shape index (κ2) is 7.31. The molecule has 1 saturated heterocycles. The van der Waals surface area contributed by atoms with E-state index in [4.69, 9.17) is 5.73 Å². The molecule has 1 aliphatic heterocycles. The lowest BCUT2D eigenvalue weighted by Crippen LogP contribution is -2.54. The molecule has 0 bridgehead atoms. The third-order valence-corrected chi connectivity index (χ3v) is 4.03. The second-order valence-corrected chi connectivity index (χ2v) is 5.59. The maximum atomic E-state index is 12.0. The van der Waals surface area contributed by atoms with Gasteiger partial charge in [0, 0.05) is 44.1 Å². The van der Waals surface area contributed by atoms with Crippen LogP contribution in [0.25, 0.3) is 0 Å². The minimum Gasteiger partial charge on any atom is -0.399 e. The molecule has 1 aromatic carbocycles. The van der Waals surface area contributed by atoms with Gasteiger partial charge >= 0.3 is 0 Å². The van der Waals surface area contributed by atoms with Crippen molar-refractivity contribution in [3.05, 3.63) is 24.3 Å². The lowest BCUT2D eigenvalue weighted by molar-refractivity contribution is -0.126. The zero-order valence-electron chi connectivity index (χ0n) is 13.0. The number of nitrogen functional groups attached to an aromatic ring is 1. The van der Waals surface area contributed by atoms with Crippen LogP contribution >= 0.6 is 0 Å². The van der Waals surface area contributed by atoms with E-state index in [0.717, 1.165) is 50.5 Å². The van der Waals surface area contributed by atoms with Gasteiger partial charge in [-0.05, 0) is 31.5 Å². The molecule has 1 heterocycles. The molecular formula is C16H26N4O. The van der Waals surface area contributed by atoms with Crippen LogP contribution in [0.1, 0.15) is 20.3 Å². The van der Waals surface area contributed by atoms with Gasteiger partial charge in [-0.15, -0.1) is 0 Å². The van der Waals surface area contributed by atoms with Gasteiger partial charge in [0.25, 0.3) is 0 Å². The van der Waals surface area contributed by atoms with Crippen LogP contribution in [0.15, 0.2) is 24.3 Å². The molecule has 1 unspecified atom stereocenters. The fourth-order valence-electron chi connectivity index (χ4n) is 2.65. The molecule has 0 radical (unpaired) electrons. The quantitative estimate of drug-likeness (QED) is 0.803. The number of rotatable bonds is 5. The summed E-state index contributed by atoms with van der Waals surface area (Å²) in [6.45, 7) is 8.46. The Balaban J connectivity index is 1.86. The van der Waals surface area contributed by atoms with Crippen LogP contribution in [-0.4, -0.2) is 49.6 Å². The Morgan fingerprint density at radius 3 is 2.67 bits per heavy atom. The zero-order valence-corrected chi connectivity index (χ0v) is 13.0. The predicted molar refractivity (Wildman–Crippen MR) is 87.4 cm³/mol. The number of carbonyl (C=O) groups is 1. The predicted octanol–water partition coefficient (Wildman–Crippen LogP) is 1.31. The fourth-order valence-corrected chi connectivity index (χ4v) is 2.65. The number of carbonyl (C=O) groups excluding carboxylic acids is 1. The van der Waals surface area contributed by atoms with Crippen LogP contribution in [-0.2, 0) is 4.79 Å². The van der Waals surface area contributed by atoms with Gasteiger partial charge in [0.15, 0.2) is 0 Å². The van der Waals surface area contributed by atoms with Gasteiger partial charge in [-0.25, -0.2) is 0 Å². The summed E-state index contributed by atoms with van der Waals surface area (Å²) in [6, 6.07) is 7.92. The lowest BCUT2D eigenvalue weighted by Gasteiger charge is -2.38. The first-order valence-electron chi connectivity index (χ1n) is 7.74. The molecule has 1 atom stereocenters. The van der Waals surface area contributed by atoms with Gasteiger partial charge in [0.2, 0.25) is 5.91 Å². The molecule has 1 aliphatic rings. The standard InChI is InChI=1S/C16H26N4O/c1-3-7-18-16(21)13(2)19-8-10-20(11-9-19)15-6-4-5-14(17)12-15/h4-6,12-13H,3,7-11,17H2,1-2H3,(H,18,21). The Labute approximate surface area is 127 Å². The van der Waals surface area contributed by atoms with E-state index in [1.165, 1.54) is 0 Å². The number of nitrogens with zero attached hydrogens (tertiary/aromatic N) is 2. The topological polar surface area (TPSA) is 61.6 Å². The van der Waals surface area contributed by atoms with Crippen molar-refractivity contribution in [2.24, 2.45) is 0 Å².